The minimum absolute atomic E-state index is 0.137. The van der Waals surface area contributed by atoms with Gasteiger partial charge in [-0.25, -0.2) is 4.39 Å². The van der Waals surface area contributed by atoms with Crippen LogP contribution in [0.25, 0.3) is 0 Å². The van der Waals surface area contributed by atoms with Crippen LogP contribution in [0, 0.1) is 5.82 Å². The SMILES string of the molecule is NC1=NCC(c2ccc(F)cc2Br)N1C1CCCC1. The van der Waals surface area contributed by atoms with Gasteiger partial charge in [-0.05, 0) is 30.5 Å². The van der Waals surface area contributed by atoms with Crippen molar-refractivity contribution in [1.82, 2.24) is 4.90 Å². The molecular formula is C14H17BrFN3. The first-order chi connectivity index (χ1) is 9.16. The topological polar surface area (TPSA) is 41.6 Å². The summed E-state index contributed by atoms with van der Waals surface area (Å²) in [5.74, 6) is 0.406. The van der Waals surface area contributed by atoms with Gasteiger partial charge in [0.15, 0.2) is 5.96 Å². The molecule has 2 aliphatic rings. The van der Waals surface area contributed by atoms with Gasteiger partial charge in [0.1, 0.15) is 5.82 Å². The van der Waals surface area contributed by atoms with Crippen molar-refractivity contribution in [2.45, 2.75) is 37.8 Å². The summed E-state index contributed by atoms with van der Waals surface area (Å²) in [5.41, 5.74) is 7.12. The average Bonchev–Trinajstić information content (AvgIpc) is 2.98. The summed E-state index contributed by atoms with van der Waals surface area (Å²) in [7, 11) is 0. The Kier molecular flexibility index (Phi) is 3.48. The van der Waals surface area contributed by atoms with Gasteiger partial charge < -0.3 is 10.6 Å². The molecule has 1 aliphatic carbocycles. The van der Waals surface area contributed by atoms with E-state index in [2.05, 4.69) is 25.8 Å². The summed E-state index contributed by atoms with van der Waals surface area (Å²) in [6.07, 6.45) is 4.86. The van der Waals surface area contributed by atoms with E-state index >= 15 is 0 Å². The van der Waals surface area contributed by atoms with Gasteiger partial charge in [0.25, 0.3) is 0 Å². The lowest BCUT2D eigenvalue weighted by molar-refractivity contribution is 0.261. The highest BCUT2D eigenvalue weighted by Gasteiger charge is 2.35. The van der Waals surface area contributed by atoms with Gasteiger partial charge in [-0.3, -0.25) is 4.99 Å². The summed E-state index contributed by atoms with van der Waals surface area (Å²) in [6.45, 7) is 0.659. The number of benzene rings is 1. The van der Waals surface area contributed by atoms with E-state index in [4.69, 9.17) is 5.73 Å². The van der Waals surface area contributed by atoms with Crippen molar-refractivity contribution in [3.05, 3.63) is 34.1 Å². The quantitative estimate of drug-likeness (QED) is 0.907. The Hall–Kier alpha value is -1.10. The van der Waals surface area contributed by atoms with Crippen molar-refractivity contribution in [2.75, 3.05) is 6.54 Å². The summed E-state index contributed by atoms with van der Waals surface area (Å²) < 4.78 is 14.0. The van der Waals surface area contributed by atoms with Crippen LogP contribution < -0.4 is 5.73 Å². The Bertz CT molecular complexity index is 511. The van der Waals surface area contributed by atoms with Crippen molar-refractivity contribution in [3.63, 3.8) is 0 Å². The van der Waals surface area contributed by atoms with E-state index in [9.17, 15) is 4.39 Å². The Morgan fingerprint density at radius 2 is 2.05 bits per heavy atom. The smallest absolute Gasteiger partial charge is 0.192 e. The van der Waals surface area contributed by atoms with Crippen LogP contribution in [0.3, 0.4) is 0 Å². The Balaban J connectivity index is 1.91. The van der Waals surface area contributed by atoms with Crippen LogP contribution in [0.4, 0.5) is 4.39 Å². The van der Waals surface area contributed by atoms with Crippen molar-refractivity contribution in [3.8, 4) is 0 Å². The monoisotopic (exact) mass is 325 g/mol. The molecule has 1 aromatic rings. The van der Waals surface area contributed by atoms with Gasteiger partial charge in [0.2, 0.25) is 0 Å². The van der Waals surface area contributed by atoms with E-state index in [1.165, 1.54) is 37.8 Å². The van der Waals surface area contributed by atoms with Crippen LogP contribution in [0.5, 0.6) is 0 Å². The van der Waals surface area contributed by atoms with Crippen LogP contribution >= 0.6 is 15.9 Å². The Morgan fingerprint density at radius 3 is 2.74 bits per heavy atom. The second-order valence-electron chi connectivity index (χ2n) is 5.23. The molecule has 1 aromatic carbocycles. The number of hydrogen-bond donors (Lipinski definition) is 1. The van der Waals surface area contributed by atoms with Gasteiger partial charge in [-0.2, -0.15) is 0 Å². The highest BCUT2D eigenvalue weighted by Crippen LogP contribution is 2.36. The fourth-order valence-electron chi connectivity index (χ4n) is 3.15. The molecule has 1 fully saturated rings. The summed E-state index contributed by atoms with van der Waals surface area (Å²) in [6, 6.07) is 5.46. The molecule has 1 saturated carbocycles. The minimum Gasteiger partial charge on any atom is -0.370 e. The molecule has 1 unspecified atom stereocenters. The second kappa shape index (κ2) is 5.12. The van der Waals surface area contributed by atoms with E-state index < -0.39 is 0 Å². The molecule has 0 aromatic heterocycles. The normalized spacial score (nSPS) is 24.0. The second-order valence-corrected chi connectivity index (χ2v) is 6.08. The first kappa shape index (κ1) is 12.9. The van der Waals surface area contributed by atoms with Crippen molar-refractivity contribution < 1.29 is 4.39 Å². The summed E-state index contributed by atoms with van der Waals surface area (Å²) in [4.78, 5) is 6.62. The Morgan fingerprint density at radius 1 is 1.32 bits per heavy atom. The average molecular weight is 326 g/mol. The van der Waals surface area contributed by atoms with Crippen molar-refractivity contribution in [2.24, 2.45) is 10.7 Å². The van der Waals surface area contributed by atoms with Crippen LogP contribution in [-0.4, -0.2) is 23.4 Å². The standard InChI is InChI=1S/C14H17BrFN3/c15-12-7-9(16)5-6-11(12)13-8-18-14(17)19(13)10-3-1-2-4-10/h5-7,10,13H,1-4,8H2,(H2,17,18). The number of guanidine groups is 1. The third-order valence-corrected chi connectivity index (χ3v) is 4.75. The maximum Gasteiger partial charge on any atom is 0.192 e. The van der Waals surface area contributed by atoms with E-state index in [1.807, 2.05) is 6.07 Å². The lowest BCUT2D eigenvalue weighted by atomic mass is 10.0. The molecule has 19 heavy (non-hydrogen) atoms. The molecule has 102 valence electrons. The number of nitrogens with two attached hydrogens (primary N) is 1. The number of nitrogens with zero attached hydrogens (tertiary/aromatic N) is 2. The fourth-order valence-corrected chi connectivity index (χ4v) is 3.77. The predicted octanol–water partition coefficient (Wildman–Crippen LogP) is 3.20. The third-order valence-electron chi connectivity index (χ3n) is 4.07. The van der Waals surface area contributed by atoms with E-state index in [-0.39, 0.29) is 11.9 Å². The minimum atomic E-state index is -0.227. The molecule has 2 N–H and O–H groups in total. The Labute approximate surface area is 120 Å². The van der Waals surface area contributed by atoms with E-state index in [0.29, 0.717) is 18.5 Å². The highest BCUT2D eigenvalue weighted by molar-refractivity contribution is 9.10. The third kappa shape index (κ3) is 2.36. The van der Waals surface area contributed by atoms with Gasteiger partial charge >= 0.3 is 0 Å². The molecule has 1 aliphatic heterocycles. The van der Waals surface area contributed by atoms with Crippen LogP contribution in [0.15, 0.2) is 27.7 Å². The predicted molar refractivity (Wildman–Crippen MR) is 77.4 cm³/mol. The van der Waals surface area contributed by atoms with Gasteiger partial charge in [-0.15, -0.1) is 0 Å². The van der Waals surface area contributed by atoms with Gasteiger partial charge in [0, 0.05) is 10.5 Å². The zero-order valence-electron chi connectivity index (χ0n) is 10.6. The molecule has 0 spiro atoms. The molecule has 0 saturated heterocycles. The van der Waals surface area contributed by atoms with Crippen molar-refractivity contribution in [1.29, 1.82) is 0 Å². The molecule has 1 atom stereocenters. The maximum absolute atomic E-state index is 13.2. The van der Waals surface area contributed by atoms with Crippen LogP contribution in [0.2, 0.25) is 0 Å². The highest BCUT2D eigenvalue weighted by atomic mass is 79.9. The maximum atomic E-state index is 13.2. The lowest BCUT2D eigenvalue weighted by Crippen LogP contribution is -2.42. The van der Waals surface area contributed by atoms with E-state index in [0.717, 1.165) is 10.0 Å². The summed E-state index contributed by atoms with van der Waals surface area (Å²) >= 11 is 3.45. The van der Waals surface area contributed by atoms with Gasteiger partial charge in [-0.1, -0.05) is 34.8 Å². The molecule has 3 rings (SSSR count). The fraction of sp³-hybridized carbons (Fsp3) is 0.500. The molecule has 0 radical (unpaired) electrons. The molecule has 3 nitrogen and oxygen atoms in total. The lowest BCUT2D eigenvalue weighted by Gasteiger charge is -2.32. The number of aliphatic imine (C=N–C) groups is 1. The van der Waals surface area contributed by atoms with Gasteiger partial charge in [0.05, 0.1) is 12.6 Å². The first-order valence-electron chi connectivity index (χ1n) is 6.70. The molecule has 5 heteroatoms. The molecule has 1 heterocycles. The van der Waals surface area contributed by atoms with Crippen LogP contribution in [0.1, 0.15) is 37.3 Å². The molecular weight excluding hydrogens is 309 g/mol. The number of halogens is 2. The molecule has 0 bridgehead atoms. The van der Waals surface area contributed by atoms with Crippen LogP contribution in [-0.2, 0) is 0 Å². The zero-order valence-corrected chi connectivity index (χ0v) is 12.2. The van der Waals surface area contributed by atoms with Crippen molar-refractivity contribution >= 4 is 21.9 Å². The zero-order chi connectivity index (χ0) is 13.4. The van der Waals surface area contributed by atoms with E-state index in [1.54, 1.807) is 0 Å². The largest absolute Gasteiger partial charge is 0.370 e. The summed E-state index contributed by atoms with van der Waals surface area (Å²) in [5, 5.41) is 0. The number of hydrogen-bond acceptors (Lipinski definition) is 3. The molecule has 0 amide bonds. The first-order valence-corrected chi connectivity index (χ1v) is 7.49. The number of rotatable bonds is 2.